The Kier molecular flexibility index (Phi) is 3.32. The van der Waals surface area contributed by atoms with E-state index < -0.39 is 10.8 Å². The van der Waals surface area contributed by atoms with E-state index in [-0.39, 0.29) is 0 Å². The van der Waals surface area contributed by atoms with Crippen molar-refractivity contribution in [1.29, 1.82) is 0 Å². The monoisotopic (exact) mass is 209 g/mol. The van der Waals surface area contributed by atoms with Gasteiger partial charge in [-0.3, -0.25) is 4.21 Å². The van der Waals surface area contributed by atoms with E-state index in [9.17, 15) is 4.21 Å². The molecule has 1 aliphatic heterocycles. The maximum absolute atomic E-state index is 11.9. The van der Waals surface area contributed by atoms with Crippen molar-refractivity contribution in [1.82, 2.24) is 5.32 Å². The molecule has 0 saturated carbocycles. The Morgan fingerprint density at radius 3 is 2.79 bits per heavy atom. The fourth-order valence-corrected chi connectivity index (χ4v) is 3.05. The average molecular weight is 209 g/mol. The van der Waals surface area contributed by atoms with Gasteiger partial charge in [-0.15, -0.1) is 0 Å². The summed E-state index contributed by atoms with van der Waals surface area (Å²) in [6.45, 7) is 1.08. The number of hydrogen-bond donors (Lipinski definition) is 1. The lowest BCUT2D eigenvalue weighted by atomic mass is 10.3. The molecule has 1 aromatic carbocycles. The van der Waals surface area contributed by atoms with Crippen LogP contribution in [-0.4, -0.2) is 22.5 Å². The molecule has 0 bridgehead atoms. The van der Waals surface area contributed by atoms with Crippen molar-refractivity contribution < 1.29 is 4.21 Å². The van der Waals surface area contributed by atoms with Gasteiger partial charge < -0.3 is 5.32 Å². The Balaban J connectivity index is 1.95. The second-order valence-electron chi connectivity index (χ2n) is 3.62. The molecule has 0 radical (unpaired) electrons. The lowest BCUT2D eigenvalue weighted by Gasteiger charge is -2.09. The standard InChI is InChI=1S/C11H15NOS/c13-14(9-10-5-4-8-12-10)11-6-2-1-3-7-11/h1-3,6-7,10,12H,4-5,8-9H2. The summed E-state index contributed by atoms with van der Waals surface area (Å²) in [5, 5.41) is 3.36. The summed E-state index contributed by atoms with van der Waals surface area (Å²) in [4.78, 5) is 0.946. The van der Waals surface area contributed by atoms with Crippen LogP contribution in [0.25, 0.3) is 0 Å². The minimum Gasteiger partial charge on any atom is -0.313 e. The summed E-state index contributed by atoms with van der Waals surface area (Å²) in [6.07, 6.45) is 2.38. The van der Waals surface area contributed by atoms with Crippen LogP contribution in [0.5, 0.6) is 0 Å². The average Bonchev–Trinajstić information content (AvgIpc) is 2.72. The first-order chi connectivity index (χ1) is 6.86. The molecule has 1 fully saturated rings. The quantitative estimate of drug-likeness (QED) is 0.818. The lowest BCUT2D eigenvalue weighted by molar-refractivity contribution is 0.643. The van der Waals surface area contributed by atoms with Crippen molar-refractivity contribution in [3.63, 3.8) is 0 Å². The predicted molar refractivity (Wildman–Crippen MR) is 58.7 cm³/mol. The first-order valence-corrected chi connectivity index (χ1v) is 6.35. The van der Waals surface area contributed by atoms with Crippen LogP contribution in [0.1, 0.15) is 12.8 Å². The SMILES string of the molecule is O=S(CC1CCCN1)c1ccccc1. The van der Waals surface area contributed by atoms with Gasteiger partial charge in [-0.05, 0) is 31.5 Å². The topological polar surface area (TPSA) is 29.1 Å². The third-order valence-electron chi connectivity index (χ3n) is 2.52. The van der Waals surface area contributed by atoms with Crippen LogP contribution in [0, 0.1) is 0 Å². The third kappa shape index (κ3) is 2.42. The minimum absolute atomic E-state index is 0.455. The summed E-state index contributed by atoms with van der Waals surface area (Å²) in [6, 6.07) is 10.2. The zero-order valence-corrected chi connectivity index (χ0v) is 8.93. The summed E-state index contributed by atoms with van der Waals surface area (Å²) in [5.74, 6) is 0.754. The van der Waals surface area contributed by atoms with Crippen molar-refractivity contribution in [2.24, 2.45) is 0 Å². The van der Waals surface area contributed by atoms with E-state index >= 15 is 0 Å². The van der Waals surface area contributed by atoms with E-state index in [1.165, 1.54) is 12.8 Å². The fourth-order valence-electron chi connectivity index (χ4n) is 1.75. The van der Waals surface area contributed by atoms with Crippen LogP contribution in [0.3, 0.4) is 0 Å². The van der Waals surface area contributed by atoms with E-state index in [0.717, 1.165) is 17.2 Å². The highest BCUT2D eigenvalue weighted by Gasteiger charge is 2.17. The molecule has 0 aromatic heterocycles. The maximum atomic E-state index is 11.9. The van der Waals surface area contributed by atoms with Gasteiger partial charge in [0.2, 0.25) is 0 Å². The van der Waals surface area contributed by atoms with Gasteiger partial charge in [-0.1, -0.05) is 18.2 Å². The lowest BCUT2D eigenvalue weighted by Crippen LogP contribution is -2.27. The zero-order chi connectivity index (χ0) is 9.80. The second kappa shape index (κ2) is 4.71. The van der Waals surface area contributed by atoms with Crippen molar-refractivity contribution in [2.45, 2.75) is 23.8 Å². The molecule has 1 aromatic rings. The summed E-state index contributed by atoms with van der Waals surface area (Å²) < 4.78 is 11.9. The number of rotatable bonds is 3. The van der Waals surface area contributed by atoms with Crippen molar-refractivity contribution in [3.05, 3.63) is 30.3 Å². The van der Waals surface area contributed by atoms with E-state index in [1.807, 2.05) is 30.3 Å². The van der Waals surface area contributed by atoms with Crippen LogP contribution in [0.4, 0.5) is 0 Å². The Hall–Kier alpha value is -0.670. The van der Waals surface area contributed by atoms with Crippen LogP contribution < -0.4 is 5.32 Å². The predicted octanol–water partition coefficient (Wildman–Crippen LogP) is 1.55. The number of hydrogen-bond acceptors (Lipinski definition) is 2. The molecule has 2 nitrogen and oxygen atoms in total. The Morgan fingerprint density at radius 1 is 1.36 bits per heavy atom. The van der Waals surface area contributed by atoms with Crippen LogP contribution in [-0.2, 0) is 10.8 Å². The highest BCUT2D eigenvalue weighted by Crippen LogP contribution is 2.11. The zero-order valence-electron chi connectivity index (χ0n) is 8.11. The largest absolute Gasteiger partial charge is 0.313 e. The Morgan fingerprint density at radius 2 is 2.14 bits per heavy atom. The van der Waals surface area contributed by atoms with Crippen LogP contribution in [0.15, 0.2) is 35.2 Å². The molecule has 0 aliphatic carbocycles. The minimum atomic E-state index is -0.836. The van der Waals surface area contributed by atoms with E-state index in [0.29, 0.717) is 6.04 Å². The molecular weight excluding hydrogens is 194 g/mol. The summed E-state index contributed by atoms with van der Waals surface area (Å²) in [5.41, 5.74) is 0. The molecule has 14 heavy (non-hydrogen) atoms. The maximum Gasteiger partial charge on any atom is 0.0545 e. The van der Waals surface area contributed by atoms with E-state index in [2.05, 4.69) is 5.32 Å². The highest BCUT2D eigenvalue weighted by atomic mass is 32.2. The number of nitrogens with one attached hydrogen (secondary N) is 1. The van der Waals surface area contributed by atoms with Gasteiger partial charge in [0.05, 0.1) is 10.8 Å². The fraction of sp³-hybridized carbons (Fsp3) is 0.455. The van der Waals surface area contributed by atoms with Gasteiger partial charge in [0, 0.05) is 16.7 Å². The van der Waals surface area contributed by atoms with Gasteiger partial charge in [-0.2, -0.15) is 0 Å². The molecule has 2 rings (SSSR count). The molecule has 0 spiro atoms. The molecule has 1 N–H and O–H groups in total. The highest BCUT2D eigenvalue weighted by molar-refractivity contribution is 7.85. The first kappa shape index (κ1) is 9.87. The third-order valence-corrected chi connectivity index (χ3v) is 4.02. The van der Waals surface area contributed by atoms with Crippen LogP contribution in [0.2, 0.25) is 0 Å². The van der Waals surface area contributed by atoms with Gasteiger partial charge in [0.15, 0.2) is 0 Å². The van der Waals surface area contributed by atoms with Gasteiger partial charge in [0.1, 0.15) is 0 Å². The van der Waals surface area contributed by atoms with Crippen molar-refractivity contribution in [3.8, 4) is 0 Å². The summed E-state index contributed by atoms with van der Waals surface area (Å²) in [7, 11) is -0.836. The molecule has 1 aliphatic rings. The normalized spacial score (nSPS) is 23.6. The Labute approximate surface area is 87.2 Å². The first-order valence-electron chi connectivity index (χ1n) is 5.03. The molecule has 0 amide bonds. The van der Waals surface area contributed by atoms with Crippen LogP contribution >= 0.6 is 0 Å². The Bertz CT molecular complexity index is 306. The molecule has 1 saturated heterocycles. The summed E-state index contributed by atoms with van der Waals surface area (Å²) >= 11 is 0. The second-order valence-corrected chi connectivity index (χ2v) is 5.11. The van der Waals surface area contributed by atoms with Crippen molar-refractivity contribution in [2.75, 3.05) is 12.3 Å². The molecule has 1 heterocycles. The van der Waals surface area contributed by atoms with Gasteiger partial charge in [0.25, 0.3) is 0 Å². The molecule has 2 atom stereocenters. The van der Waals surface area contributed by atoms with Crippen molar-refractivity contribution >= 4 is 10.8 Å². The van der Waals surface area contributed by atoms with E-state index in [1.54, 1.807) is 0 Å². The molecule has 2 unspecified atom stereocenters. The van der Waals surface area contributed by atoms with Gasteiger partial charge >= 0.3 is 0 Å². The molecule has 76 valence electrons. The smallest absolute Gasteiger partial charge is 0.0545 e. The number of benzene rings is 1. The molecule has 3 heteroatoms. The van der Waals surface area contributed by atoms with Gasteiger partial charge in [-0.25, -0.2) is 0 Å². The van der Waals surface area contributed by atoms with E-state index in [4.69, 9.17) is 0 Å². The molecular formula is C11H15NOS.